The highest BCUT2D eigenvalue weighted by Crippen LogP contribution is 2.27. The zero-order valence-electron chi connectivity index (χ0n) is 7.41. The molecule has 1 nitrogen and oxygen atoms in total. The summed E-state index contributed by atoms with van der Waals surface area (Å²) in [4.78, 5) is 0. The molecule has 1 radical (unpaired) electrons. The third kappa shape index (κ3) is 2.06. The molecular weight excluding hydrogens is 196 g/mol. The standard InChI is InChI=1S/C12H8ClO/c13-11-8-4-5-9-12(11)14-10-6-2-1-3-7-10/h1-7,9H. The van der Waals surface area contributed by atoms with Gasteiger partial charge in [0.25, 0.3) is 0 Å². The molecule has 0 aromatic heterocycles. The van der Waals surface area contributed by atoms with Crippen molar-refractivity contribution in [1.82, 2.24) is 0 Å². The van der Waals surface area contributed by atoms with Crippen molar-refractivity contribution in [3.8, 4) is 11.5 Å². The van der Waals surface area contributed by atoms with Crippen LogP contribution in [0.2, 0.25) is 5.02 Å². The Morgan fingerprint density at radius 1 is 1.00 bits per heavy atom. The summed E-state index contributed by atoms with van der Waals surface area (Å²) in [7, 11) is 0. The average Bonchev–Trinajstić information content (AvgIpc) is 2.23. The summed E-state index contributed by atoms with van der Waals surface area (Å²) in [5, 5.41) is 0.497. The Balaban J connectivity index is 2.24. The van der Waals surface area contributed by atoms with Gasteiger partial charge < -0.3 is 4.74 Å². The molecule has 0 spiro atoms. The number of benzene rings is 2. The summed E-state index contributed by atoms with van der Waals surface area (Å²) in [6.07, 6.45) is 0. The largest absolute Gasteiger partial charge is 0.456 e. The lowest BCUT2D eigenvalue weighted by atomic mass is 10.3. The molecular formula is C12H8ClO. The molecule has 0 atom stereocenters. The molecule has 2 aromatic carbocycles. The molecule has 0 heterocycles. The van der Waals surface area contributed by atoms with Crippen molar-refractivity contribution in [2.24, 2.45) is 0 Å². The van der Waals surface area contributed by atoms with Crippen molar-refractivity contribution < 1.29 is 4.74 Å². The highest BCUT2D eigenvalue weighted by atomic mass is 35.5. The summed E-state index contributed by atoms with van der Waals surface area (Å²) in [5.41, 5.74) is 0. The molecule has 0 bridgehead atoms. The predicted molar refractivity (Wildman–Crippen MR) is 56.8 cm³/mol. The molecule has 2 heteroatoms. The van der Waals surface area contributed by atoms with E-state index in [4.69, 9.17) is 16.3 Å². The van der Waals surface area contributed by atoms with Crippen LogP contribution in [-0.2, 0) is 0 Å². The van der Waals surface area contributed by atoms with E-state index in [9.17, 15) is 0 Å². The summed E-state index contributed by atoms with van der Waals surface area (Å²) in [6.45, 7) is 0. The van der Waals surface area contributed by atoms with Gasteiger partial charge in [-0.15, -0.1) is 0 Å². The third-order valence-corrected chi connectivity index (χ3v) is 2.04. The number of hydrogen-bond donors (Lipinski definition) is 0. The molecule has 2 aromatic rings. The van der Waals surface area contributed by atoms with E-state index in [0.717, 1.165) is 5.75 Å². The van der Waals surface area contributed by atoms with Gasteiger partial charge in [-0.1, -0.05) is 41.9 Å². The van der Waals surface area contributed by atoms with Crippen molar-refractivity contribution in [3.05, 3.63) is 59.6 Å². The van der Waals surface area contributed by atoms with E-state index >= 15 is 0 Å². The first-order valence-electron chi connectivity index (χ1n) is 4.25. The van der Waals surface area contributed by atoms with Gasteiger partial charge in [-0.25, -0.2) is 0 Å². The summed E-state index contributed by atoms with van der Waals surface area (Å²) in [5.74, 6) is 1.40. The van der Waals surface area contributed by atoms with Crippen molar-refractivity contribution in [2.45, 2.75) is 0 Å². The fraction of sp³-hybridized carbons (Fsp3) is 0. The Bertz CT molecular complexity index is 412. The van der Waals surface area contributed by atoms with Crippen LogP contribution in [0.25, 0.3) is 0 Å². The van der Waals surface area contributed by atoms with Crippen LogP contribution in [0.5, 0.6) is 11.5 Å². The van der Waals surface area contributed by atoms with E-state index in [-0.39, 0.29) is 0 Å². The molecule has 2 rings (SSSR count). The van der Waals surface area contributed by atoms with Crippen LogP contribution < -0.4 is 4.74 Å². The Kier molecular flexibility index (Phi) is 2.70. The van der Waals surface area contributed by atoms with E-state index in [1.54, 1.807) is 6.07 Å². The maximum absolute atomic E-state index is 5.89. The summed E-state index contributed by atoms with van der Waals surface area (Å²) >= 11 is 5.89. The molecule has 0 amide bonds. The molecule has 0 aliphatic carbocycles. The van der Waals surface area contributed by atoms with E-state index in [2.05, 4.69) is 6.07 Å². The van der Waals surface area contributed by atoms with Crippen LogP contribution in [0.1, 0.15) is 0 Å². The van der Waals surface area contributed by atoms with E-state index in [1.807, 2.05) is 42.5 Å². The first kappa shape index (κ1) is 9.10. The zero-order chi connectivity index (χ0) is 9.80. The van der Waals surface area contributed by atoms with Gasteiger partial charge in [0.15, 0.2) is 0 Å². The second-order valence-corrected chi connectivity index (χ2v) is 3.14. The second-order valence-electron chi connectivity index (χ2n) is 2.76. The number of rotatable bonds is 2. The van der Waals surface area contributed by atoms with Crippen LogP contribution in [0.4, 0.5) is 0 Å². The molecule has 0 saturated heterocycles. The van der Waals surface area contributed by atoms with Crippen molar-refractivity contribution >= 4 is 11.6 Å². The maximum Gasteiger partial charge on any atom is 0.146 e. The first-order valence-corrected chi connectivity index (χ1v) is 4.63. The van der Waals surface area contributed by atoms with Gasteiger partial charge in [0, 0.05) is 6.07 Å². The molecule has 14 heavy (non-hydrogen) atoms. The second kappa shape index (κ2) is 4.16. The van der Waals surface area contributed by atoms with Crippen LogP contribution >= 0.6 is 11.6 Å². The normalized spacial score (nSPS) is 9.79. The molecule has 0 aliphatic rings. The van der Waals surface area contributed by atoms with E-state index in [0.29, 0.717) is 10.8 Å². The molecule has 69 valence electrons. The maximum atomic E-state index is 5.89. The van der Waals surface area contributed by atoms with Crippen molar-refractivity contribution in [1.29, 1.82) is 0 Å². The Labute approximate surface area is 87.9 Å². The van der Waals surface area contributed by atoms with E-state index in [1.165, 1.54) is 0 Å². The number of ether oxygens (including phenoxy) is 1. The minimum absolute atomic E-state index is 0.497. The lowest BCUT2D eigenvalue weighted by molar-refractivity contribution is 0.483. The predicted octanol–water partition coefficient (Wildman–Crippen LogP) is 3.93. The lowest BCUT2D eigenvalue weighted by Gasteiger charge is -2.05. The van der Waals surface area contributed by atoms with Gasteiger partial charge in [0.1, 0.15) is 11.5 Å². The lowest BCUT2D eigenvalue weighted by Crippen LogP contribution is -1.83. The first-order chi connectivity index (χ1) is 6.86. The summed E-state index contributed by atoms with van der Waals surface area (Å²) < 4.78 is 5.55. The molecule has 0 unspecified atom stereocenters. The molecule has 0 aliphatic heterocycles. The van der Waals surface area contributed by atoms with Gasteiger partial charge >= 0.3 is 0 Å². The molecule has 0 saturated carbocycles. The van der Waals surface area contributed by atoms with Crippen molar-refractivity contribution in [3.63, 3.8) is 0 Å². The van der Waals surface area contributed by atoms with Crippen LogP contribution in [0, 0.1) is 6.07 Å². The number of para-hydroxylation sites is 1. The zero-order valence-corrected chi connectivity index (χ0v) is 8.16. The van der Waals surface area contributed by atoms with Crippen LogP contribution in [0.3, 0.4) is 0 Å². The van der Waals surface area contributed by atoms with E-state index < -0.39 is 0 Å². The monoisotopic (exact) mass is 203 g/mol. The smallest absolute Gasteiger partial charge is 0.146 e. The highest BCUT2D eigenvalue weighted by Gasteiger charge is 2.00. The Hall–Kier alpha value is -1.47. The minimum atomic E-state index is 0.497. The average molecular weight is 204 g/mol. The van der Waals surface area contributed by atoms with Gasteiger partial charge in [-0.2, -0.15) is 0 Å². The molecule has 0 N–H and O–H groups in total. The van der Waals surface area contributed by atoms with Gasteiger partial charge in [-0.3, -0.25) is 0 Å². The Morgan fingerprint density at radius 2 is 1.79 bits per heavy atom. The number of halogens is 1. The fourth-order valence-corrected chi connectivity index (χ4v) is 1.26. The SMILES string of the molecule is Clc1[c]cccc1Oc1ccccc1. The van der Waals surface area contributed by atoms with Gasteiger partial charge in [0.2, 0.25) is 0 Å². The van der Waals surface area contributed by atoms with Gasteiger partial charge in [0.05, 0.1) is 5.02 Å². The number of hydrogen-bond acceptors (Lipinski definition) is 1. The Morgan fingerprint density at radius 3 is 2.50 bits per heavy atom. The highest BCUT2D eigenvalue weighted by molar-refractivity contribution is 6.31. The van der Waals surface area contributed by atoms with Gasteiger partial charge in [-0.05, 0) is 18.2 Å². The quantitative estimate of drug-likeness (QED) is 0.719. The topological polar surface area (TPSA) is 9.23 Å². The summed E-state index contributed by atoms with van der Waals surface area (Å²) in [6, 6.07) is 17.8. The minimum Gasteiger partial charge on any atom is -0.456 e. The van der Waals surface area contributed by atoms with Crippen LogP contribution in [-0.4, -0.2) is 0 Å². The fourth-order valence-electron chi connectivity index (χ4n) is 1.10. The molecule has 0 fully saturated rings. The van der Waals surface area contributed by atoms with Crippen molar-refractivity contribution in [2.75, 3.05) is 0 Å². The van der Waals surface area contributed by atoms with Crippen LogP contribution in [0.15, 0.2) is 48.5 Å². The third-order valence-electron chi connectivity index (χ3n) is 1.74.